The predicted octanol–water partition coefficient (Wildman–Crippen LogP) is 24.8. The molecule has 0 heterocycles. The second kappa shape index (κ2) is 72.0. The van der Waals surface area contributed by atoms with Crippen LogP contribution in [0.2, 0.25) is 0 Å². The van der Waals surface area contributed by atoms with Crippen LogP contribution in [0.15, 0.2) is 0 Å². The lowest BCUT2D eigenvalue weighted by Crippen LogP contribution is -2.30. The number of aliphatic hydroxyl groups excluding tert-OH is 1. The minimum Gasteiger partial charge on any atom is -0.462 e. The number of ether oxygens (including phenoxy) is 4. The molecule has 0 radical (unpaired) electrons. The first kappa shape index (κ1) is 100. The molecule has 0 aromatic heterocycles. The van der Waals surface area contributed by atoms with Crippen LogP contribution >= 0.6 is 15.6 Å². The number of rotatable bonds is 80. The second-order valence-electron chi connectivity index (χ2n) is 31.3. The average molecular weight is 1490 g/mol. The summed E-state index contributed by atoms with van der Waals surface area (Å²) in [4.78, 5) is 73.1. The number of unbranched alkanes of at least 4 members (excludes halogenated alkanes) is 44. The van der Waals surface area contributed by atoms with Gasteiger partial charge in [-0.05, 0) is 49.4 Å². The third-order valence-electron chi connectivity index (χ3n) is 20.0. The van der Waals surface area contributed by atoms with Crippen molar-refractivity contribution < 1.29 is 80.2 Å². The lowest BCUT2D eigenvalue weighted by Gasteiger charge is -2.21. The van der Waals surface area contributed by atoms with Crippen LogP contribution in [0.3, 0.4) is 0 Å². The maximum Gasteiger partial charge on any atom is 0.472 e. The smallest absolute Gasteiger partial charge is 0.462 e. The zero-order valence-corrected chi connectivity index (χ0v) is 69.0. The first-order valence-corrected chi connectivity index (χ1v) is 45.8. The van der Waals surface area contributed by atoms with Crippen molar-refractivity contribution in [3.05, 3.63) is 0 Å². The van der Waals surface area contributed by atoms with E-state index < -0.39 is 97.5 Å². The Balaban J connectivity index is 5.23. The number of phosphoric acid groups is 2. The fourth-order valence-electron chi connectivity index (χ4n) is 12.7. The maximum absolute atomic E-state index is 13.1. The summed E-state index contributed by atoms with van der Waals surface area (Å²) in [6, 6.07) is 0. The predicted molar refractivity (Wildman–Crippen MR) is 418 cm³/mol. The van der Waals surface area contributed by atoms with Crippen LogP contribution in [0.4, 0.5) is 0 Å². The topological polar surface area (TPSA) is 237 Å². The van der Waals surface area contributed by atoms with Crippen LogP contribution in [0.1, 0.15) is 428 Å². The molecule has 0 aromatic rings. The van der Waals surface area contributed by atoms with Gasteiger partial charge >= 0.3 is 39.5 Å². The molecule has 3 N–H and O–H groups in total. The normalized spacial score (nSPS) is 14.5. The summed E-state index contributed by atoms with van der Waals surface area (Å²) < 4.78 is 68.8. The number of hydrogen-bond donors (Lipinski definition) is 3. The molecule has 0 spiro atoms. The van der Waals surface area contributed by atoms with E-state index in [1.54, 1.807) is 0 Å². The van der Waals surface area contributed by atoms with Crippen molar-refractivity contribution in [3.63, 3.8) is 0 Å². The SMILES string of the molecule is CCC(C)CCCCCCCCCCCCCCCCC(=O)O[C@H](COC(=O)CCCCCCCCCCCCCCCCCCCCC(C)C)COP(=O)(O)OCC(O)COP(=O)(O)OC[C@@H](COC(=O)CCCCCCCCCCC(C)C)OC(=O)CCCCCCCCCCC(C)CC. The van der Waals surface area contributed by atoms with E-state index >= 15 is 0 Å². The molecule has 0 saturated carbocycles. The molecule has 606 valence electrons. The van der Waals surface area contributed by atoms with Crippen LogP contribution in [-0.2, 0) is 65.4 Å². The minimum atomic E-state index is -4.96. The van der Waals surface area contributed by atoms with Crippen molar-refractivity contribution in [3.8, 4) is 0 Å². The van der Waals surface area contributed by atoms with E-state index in [0.717, 1.165) is 114 Å². The molecule has 102 heavy (non-hydrogen) atoms. The standard InChI is InChI=1S/C83H162O17P2/c1-9-75(7)61-53-45-37-28-24-20-17-18-22-26-30-41-49-57-65-82(87)99-78(69-93-80(85)63-55-47-39-29-25-21-16-14-12-11-13-15-19-23-27-35-43-51-59-73(3)4)71-97-101(89,90)95-67-77(84)68-96-102(91,92)98-72-79(70-94-81(86)64-56-48-40-33-31-36-44-52-60-74(5)6)100-83(88)66-58-50-42-34-32-38-46-54-62-76(8)10-2/h73-79,84H,9-72H2,1-8H3,(H,89,90)(H,91,92)/t75?,76?,77?,78-,79-/m1/s1. The maximum atomic E-state index is 13.1. The molecule has 0 amide bonds. The summed E-state index contributed by atoms with van der Waals surface area (Å²) in [7, 11) is -9.92. The molecule has 0 fully saturated rings. The molecular formula is C83H162O17P2. The fourth-order valence-corrected chi connectivity index (χ4v) is 14.3. The Labute approximate surface area is 626 Å². The third-order valence-corrected chi connectivity index (χ3v) is 21.9. The van der Waals surface area contributed by atoms with E-state index in [-0.39, 0.29) is 25.7 Å². The van der Waals surface area contributed by atoms with Gasteiger partial charge in [-0.3, -0.25) is 37.3 Å². The highest BCUT2D eigenvalue weighted by Gasteiger charge is 2.30. The van der Waals surface area contributed by atoms with Gasteiger partial charge in [0, 0.05) is 25.7 Å². The molecule has 0 aliphatic carbocycles. The van der Waals surface area contributed by atoms with Crippen LogP contribution in [0.25, 0.3) is 0 Å². The van der Waals surface area contributed by atoms with Crippen LogP contribution in [0.5, 0.6) is 0 Å². The molecule has 0 bridgehead atoms. The lowest BCUT2D eigenvalue weighted by atomic mass is 9.99. The number of carbonyl (C=O) groups excluding carboxylic acids is 4. The largest absolute Gasteiger partial charge is 0.472 e. The number of aliphatic hydroxyl groups is 1. The average Bonchev–Trinajstić information content (AvgIpc) is 0.910. The van der Waals surface area contributed by atoms with Gasteiger partial charge in [0.25, 0.3) is 0 Å². The minimum absolute atomic E-state index is 0.104. The van der Waals surface area contributed by atoms with Gasteiger partial charge < -0.3 is 33.8 Å². The van der Waals surface area contributed by atoms with E-state index in [0.29, 0.717) is 25.7 Å². The third kappa shape index (κ3) is 73.6. The van der Waals surface area contributed by atoms with Crippen molar-refractivity contribution in [1.29, 1.82) is 0 Å². The monoisotopic (exact) mass is 1490 g/mol. The van der Waals surface area contributed by atoms with Crippen LogP contribution in [-0.4, -0.2) is 96.7 Å². The van der Waals surface area contributed by atoms with Gasteiger partial charge in [0.1, 0.15) is 19.3 Å². The fraction of sp³-hybridized carbons (Fsp3) is 0.952. The van der Waals surface area contributed by atoms with Crippen LogP contribution in [0, 0.1) is 23.7 Å². The van der Waals surface area contributed by atoms with E-state index in [1.807, 2.05) is 0 Å². The van der Waals surface area contributed by atoms with Crippen molar-refractivity contribution in [2.75, 3.05) is 39.6 Å². The Morgan fingerprint density at radius 2 is 0.471 bits per heavy atom. The van der Waals surface area contributed by atoms with Gasteiger partial charge in [-0.25, -0.2) is 9.13 Å². The zero-order chi connectivity index (χ0) is 75.3. The highest BCUT2D eigenvalue weighted by atomic mass is 31.2. The number of carbonyl (C=O) groups is 4. The Morgan fingerprint density at radius 1 is 0.275 bits per heavy atom. The highest BCUT2D eigenvalue weighted by molar-refractivity contribution is 7.47. The van der Waals surface area contributed by atoms with Crippen molar-refractivity contribution in [2.24, 2.45) is 23.7 Å². The summed E-state index contributed by atoms with van der Waals surface area (Å²) in [6.07, 6.45) is 59.7. The van der Waals surface area contributed by atoms with Crippen LogP contribution < -0.4 is 0 Å². The molecule has 7 atom stereocenters. The lowest BCUT2D eigenvalue weighted by molar-refractivity contribution is -0.161. The number of hydrogen-bond acceptors (Lipinski definition) is 15. The summed E-state index contributed by atoms with van der Waals surface area (Å²) in [5, 5.41) is 10.6. The molecule has 17 nitrogen and oxygen atoms in total. The molecule has 0 saturated heterocycles. The Morgan fingerprint density at radius 3 is 0.696 bits per heavy atom. The molecule has 0 rings (SSSR count). The zero-order valence-electron chi connectivity index (χ0n) is 67.2. The Bertz CT molecular complexity index is 1990. The van der Waals surface area contributed by atoms with Crippen molar-refractivity contribution >= 4 is 39.5 Å². The molecule has 0 aliphatic rings. The van der Waals surface area contributed by atoms with Crippen molar-refractivity contribution in [1.82, 2.24) is 0 Å². The number of esters is 4. The summed E-state index contributed by atoms with van der Waals surface area (Å²) in [5.74, 6) is 1.05. The van der Waals surface area contributed by atoms with Gasteiger partial charge in [0.2, 0.25) is 0 Å². The van der Waals surface area contributed by atoms with E-state index in [4.69, 9.17) is 37.0 Å². The molecule has 19 heteroatoms. The van der Waals surface area contributed by atoms with E-state index in [2.05, 4.69) is 55.4 Å². The first-order valence-electron chi connectivity index (χ1n) is 42.8. The molecule has 5 unspecified atom stereocenters. The van der Waals surface area contributed by atoms with E-state index in [1.165, 1.54) is 231 Å². The van der Waals surface area contributed by atoms with Gasteiger partial charge in [0.15, 0.2) is 12.2 Å². The highest BCUT2D eigenvalue weighted by Crippen LogP contribution is 2.45. The number of phosphoric ester groups is 2. The quantitative estimate of drug-likeness (QED) is 0.0222. The van der Waals surface area contributed by atoms with Gasteiger partial charge in [-0.2, -0.15) is 0 Å². The van der Waals surface area contributed by atoms with Gasteiger partial charge in [-0.1, -0.05) is 376 Å². The summed E-state index contributed by atoms with van der Waals surface area (Å²) in [6.45, 7) is 14.3. The van der Waals surface area contributed by atoms with Crippen molar-refractivity contribution in [2.45, 2.75) is 446 Å². The first-order chi connectivity index (χ1) is 49.2. The second-order valence-corrected chi connectivity index (χ2v) is 34.2. The Kier molecular flexibility index (Phi) is 70.6. The van der Waals surface area contributed by atoms with E-state index in [9.17, 15) is 43.2 Å². The Hall–Kier alpha value is -1.94. The van der Waals surface area contributed by atoms with Gasteiger partial charge in [-0.15, -0.1) is 0 Å². The molecule has 0 aromatic carbocycles. The van der Waals surface area contributed by atoms with Gasteiger partial charge in [0.05, 0.1) is 26.4 Å². The summed E-state index contributed by atoms with van der Waals surface area (Å²) >= 11 is 0. The molecular weight excluding hydrogens is 1330 g/mol. The summed E-state index contributed by atoms with van der Waals surface area (Å²) in [5.41, 5.74) is 0. The molecule has 0 aliphatic heterocycles.